The number of nitrogens with zero attached hydrogens (tertiary/aromatic N) is 4. The SMILES string of the molecule is O=[N+]([O-])/C(=N\O)C1=Nc2ccc(Cl)cc2C(c2ccccc2F)=NC1. The number of oxime groups is 1. The van der Waals surface area contributed by atoms with Gasteiger partial charge in [0.15, 0.2) is 10.9 Å². The molecule has 2 aromatic rings. The van der Waals surface area contributed by atoms with Crippen LogP contribution in [0.15, 0.2) is 57.6 Å². The molecule has 0 saturated heterocycles. The summed E-state index contributed by atoms with van der Waals surface area (Å²) in [5.74, 6) is -1.32. The van der Waals surface area contributed by atoms with Crippen molar-refractivity contribution < 1.29 is 14.5 Å². The molecule has 25 heavy (non-hydrogen) atoms. The fraction of sp³-hybridized carbons (Fsp3) is 0.0625. The van der Waals surface area contributed by atoms with Gasteiger partial charge in [-0.05, 0) is 35.3 Å². The Kier molecular flexibility index (Phi) is 4.53. The topological polar surface area (TPSA) is 100 Å². The van der Waals surface area contributed by atoms with Gasteiger partial charge in [0, 0.05) is 16.1 Å². The van der Waals surface area contributed by atoms with Gasteiger partial charge in [0.05, 0.1) is 17.9 Å². The summed E-state index contributed by atoms with van der Waals surface area (Å²) in [6.45, 7) is -0.254. The van der Waals surface area contributed by atoms with Crippen molar-refractivity contribution in [1.29, 1.82) is 0 Å². The molecule has 0 atom stereocenters. The minimum absolute atomic E-state index is 0.151. The molecule has 1 aliphatic rings. The van der Waals surface area contributed by atoms with Crippen molar-refractivity contribution in [2.24, 2.45) is 15.1 Å². The molecule has 0 spiro atoms. The van der Waals surface area contributed by atoms with Crippen LogP contribution in [0.25, 0.3) is 0 Å². The predicted octanol–water partition coefficient (Wildman–Crippen LogP) is 3.47. The third-order valence-electron chi connectivity index (χ3n) is 3.51. The summed E-state index contributed by atoms with van der Waals surface area (Å²) in [6.07, 6.45) is 0. The van der Waals surface area contributed by atoms with E-state index in [1.807, 2.05) is 0 Å². The van der Waals surface area contributed by atoms with Crippen molar-refractivity contribution in [3.05, 3.63) is 74.5 Å². The minimum Gasteiger partial charge on any atom is -0.358 e. The van der Waals surface area contributed by atoms with E-state index in [0.717, 1.165) is 0 Å². The van der Waals surface area contributed by atoms with Gasteiger partial charge in [-0.2, -0.15) is 0 Å². The van der Waals surface area contributed by atoms with Crippen molar-refractivity contribution in [3.63, 3.8) is 0 Å². The summed E-state index contributed by atoms with van der Waals surface area (Å²) in [5.41, 5.74) is 1.05. The zero-order chi connectivity index (χ0) is 18.0. The maximum Gasteiger partial charge on any atom is 0.432 e. The van der Waals surface area contributed by atoms with Gasteiger partial charge in [-0.15, -0.1) is 0 Å². The first-order valence-corrected chi connectivity index (χ1v) is 7.42. The van der Waals surface area contributed by atoms with E-state index in [4.69, 9.17) is 16.8 Å². The highest BCUT2D eigenvalue weighted by Crippen LogP contribution is 2.29. The van der Waals surface area contributed by atoms with Gasteiger partial charge < -0.3 is 15.3 Å². The molecule has 0 aliphatic carbocycles. The highest BCUT2D eigenvalue weighted by molar-refractivity contribution is 6.40. The number of fused-ring (bicyclic) bond motifs is 1. The molecule has 0 aromatic heterocycles. The van der Waals surface area contributed by atoms with Crippen LogP contribution < -0.4 is 0 Å². The van der Waals surface area contributed by atoms with Crippen molar-refractivity contribution in [2.45, 2.75) is 0 Å². The summed E-state index contributed by atoms with van der Waals surface area (Å²) in [5, 5.41) is 23.0. The van der Waals surface area contributed by atoms with Crippen molar-refractivity contribution in [1.82, 2.24) is 0 Å². The van der Waals surface area contributed by atoms with E-state index >= 15 is 0 Å². The lowest BCUT2D eigenvalue weighted by atomic mass is 10.0. The zero-order valence-electron chi connectivity index (χ0n) is 12.6. The molecule has 0 saturated carbocycles. The Labute approximate surface area is 145 Å². The van der Waals surface area contributed by atoms with Crippen LogP contribution in [0.5, 0.6) is 0 Å². The first kappa shape index (κ1) is 16.7. The molecule has 126 valence electrons. The largest absolute Gasteiger partial charge is 0.432 e. The lowest BCUT2D eigenvalue weighted by Crippen LogP contribution is -2.25. The quantitative estimate of drug-likeness (QED) is 0.292. The standard InChI is InChI=1S/C16H10ClFN4O3/c17-9-5-6-13-11(7-9)15(10-3-1-2-4-12(10)18)19-8-14(20-13)16(21-23)22(24)25/h1-7,23H,8H2/b21-16-. The molecule has 0 fully saturated rings. The van der Waals surface area contributed by atoms with E-state index in [2.05, 4.69) is 15.1 Å². The molecule has 9 heteroatoms. The predicted molar refractivity (Wildman–Crippen MR) is 91.7 cm³/mol. The van der Waals surface area contributed by atoms with Crippen LogP contribution >= 0.6 is 11.6 Å². The molecule has 2 aromatic carbocycles. The second kappa shape index (κ2) is 6.78. The minimum atomic E-state index is -0.863. The van der Waals surface area contributed by atoms with Crippen molar-refractivity contribution >= 4 is 34.5 Å². The third kappa shape index (κ3) is 3.24. The Morgan fingerprint density at radius 1 is 1.28 bits per heavy atom. The van der Waals surface area contributed by atoms with Crippen molar-refractivity contribution in [2.75, 3.05) is 6.54 Å². The van der Waals surface area contributed by atoms with Crippen LogP contribution in [-0.4, -0.2) is 33.9 Å². The zero-order valence-corrected chi connectivity index (χ0v) is 13.3. The molecule has 0 bridgehead atoms. The monoisotopic (exact) mass is 360 g/mol. The average Bonchev–Trinajstić information content (AvgIpc) is 2.75. The third-order valence-corrected chi connectivity index (χ3v) is 3.75. The Hall–Kier alpha value is -3.13. The summed E-state index contributed by atoms with van der Waals surface area (Å²) in [4.78, 5) is 18.6. The molecular weight excluding hydrogens is 351 g/mol. The highest BCUT2D eigenvalue weighted by Gasteiger charge is 2.26. The highest BCUT2D eigenvalue weighted by atomic mass is 35.5. The van der Waals surface area contributed by atoms with Crippen LogP contribution in [0.1, 0.15) is 11.1 Å². The smallest absolute Gasteiger partial charge is 0.358 e. The van der Waals surface area contributed by atoms with E-state index in [1.165, 1.54) is 12.1 Å². The Bertz CT molecular complexity index is 956. The molecule has 0 unspecified atom stereocenters. The van der Waals surface area contributed by atoms with E-state index in [0.29, 0.717) is 16.3 Å². The molecule has 0 amide bonds. The first-order valence-electron chi connectivity index (χ1n) is 7.05. The Balaban J connectivity index is 2.22. The van der Waals surface area contributed by atoms with Gasteiger partial charge >= 0.3 is 5.84 Å². The summed E-state index contributed by atoms with van der Waals surface area (Å²) in [7, 11) is 0. The van der Waals surface area contributed by atoms with Gasteiger partial charge in [0.2, 0.25) is 0 Å². The van der Waals surface area contributed by atoms with Crippen LogP contribution in [0.2, 0.25) is 5.02 Å². The molecule has 3 rings (SSSR count). The number of hydrogen-bond acceptors (Lipinski definition) is 6. The molecule has 1 heterocycles. The van der Waals surface area contributed by atoms with Crippen LogP contribution in [0.4, 0.5) is 10.1 Å². The number of nitro groups is 1. The second-order valence-electron chi connectivity index (χ2n) is 5.05. The van der Waals surface area contributed by atoms with Gasteiger partial charge in [0.1, 0.15) is 5.82 Å². The normalized spacial score (nSPS) is 14.2. The Morgan fingerprint density at radius 2 is 2.04 bits per heavy atom. The number of rotatable bonds is 2. The van der Waals surface area contributed by atoms with E-state index in [1.54, 1.807) is 30.3 Å². The lowest BCUT2D eigenvalue weighted by Gasteiger charge is -2.09. The first-order chi connectivity index (χ1) is 12.0. The fourth-order valence-electron chi connectivity index (χ4n) is 2.42. The van der Waals surface area contributed by atoms with E-state index in [9.17, 15) is 14.5 Å². The van der Waals surface area contributed by atoms with Crippen LogP contribution in [-0.2, 0) is 0 Å². The molecular formula is C16H10ClFN4O3. The lowest BCUT2D eigenvalue weighted by molar-refractivity contribution is -0.348. The van der Waals surface area contributed by atoms with Crippen LogP contribution in [0.3, 0.4) is 0 Å². The Morgan fingerprint density at radius 3 is 2.72 bits per heavy atom. The number of hydrogen-bond donors (Lipinski definition) is 1. The average molecular weight is 361 g/mol. The fourth-order valence-corrected chi connectivity index (χ4v) is 2.59. The van der Waals surface area contributed by atoms with Crippen LogP contribution in [0, 0.1) is 15.9 Å². The molecule has 7 nitrogen and oxygen atoms in total. The summed E-state index contributed by atoms with van der Waals surface area (Å²) < 4.78 is 14.2. The van der Waals surface area contributed by atoms with Gasteiger partial charge in [-0.25, -0.2) is 9.38 Å². The van der Waals surface area contributed by atoms with E-state index in [-0.39, 0.29) is 23.5 Å². The number of benzene rings is 2. The second-order valence-corrected chi connectivity index (χ2v) is 5.48. The maximum absolute atomic E-state index is 14.2. The van der Waals surface area contributed by atoms with Crippen molar-refractivity contribution in [3.8, 4) is 0 Å². The number of halogens is 2. The molecule has 1 N–H and O–H groups in total. The van der Waals surface area contributed by atoms with Gasteiger partial charge in [-0.3, -0.25) is 4.99 Å². The van der Waals surface area contributed by atoms with Gasteiger partial charge in [0.25, 0.3) is 0 Å². The van der Waals surface area contributed by atoms with E-state index < -0.39 is 16.6 Å². The molecule has 0 radical (unpaired) electrons. The maximum atomic E-state index is 14.2. The number of aliphatic imine (C=N–C) groups is 2. The molecule has 1 aliphatic heterocycles. The van der Waals surface area contributed by atoms with Gasteiger partial charge in [-0.1, -0.05) is 23.7 Å². The summed E-state index contributed by atoms with van der Waals surface area (Å²) >= 11 is 6.03. The number of amidine groups is 1. The summed E-state index contributed by atoms with van der Waals surface area (Å²) in [6, 6.07) is 10.7.